The highest BCUT2D eigenvalue weighted by Gasteiger charge is 2.52. The van der Waals surface area contributed by atoms with Crippen molar-refractivity contribution in [1.82, 2.24) is 9.80 Å². The number of quaternary nitrogens is 2. The molecule has 0 aliphatic carbocycles. The first-order valence-electron chi connectivity index (χ1n) is 48.1. The van der Waals surface area contributed by atoms with Crippen LogP contribution in [0.1, 0.15) is 346 Å². The van der Waals surface area contributed by atoms with Gasteiger partial charge in [-0.25, -0.2) is 0 Å². The van der Waals surface area contributed by atoms with Crippen molar-refractivity contribution in [3.63, 3.8) is 0 Å². The van der Waals surface area contributed by atoms with Crippen LogP contribution in [0.3, 0.4) is 0 Å². The molecule has 2 saturated heterocycles. The molecule has 14 nitrogen and oxygen atoms in total. The highest BCUT2D eigenvalue weighted by molar-refractivity contribution is 6.30. The number of ether oxygens (including phenoxy) is 2. The Bertz CT molecular complexity index is 3660. The lowest BCUT2D eigenvalue weighted by Gasteiger charge is -2.48. The van der Waals surface area contributed by atoms with Gasteiger partial charge in [-0.3, -0.25) is 28.1 Å². The summed E-state index contributed by atoms with van der Waals surface area (Å²) in [5.74, 6) is -1.24. The number of halogens is 3. The van der Waals surface area contributed by atoms with Gasteiger partial charge in [-0.1, -0.05) is 396 Å². The molecule has 2 aliphatic heterocycles. The molecule has 696 valence electrons. The summed E-state index contributed by atoms with van der Waals surface area (Å²) >= 11 is 12.4. The SMILES string of the molecule is CCCCCCCCCCCCC(C)(C)C(=O)OC[N+]1(CCC(C(=O)N(C)C)(c2ccccc2)c2ccccc2)CCC(O)(c2ccc(Cl)cc2)CC1.CCCCCCCCCCCCC(C)(C)C(=O)OC[N+]1(CCC(C(=O)N(C)C)(c2ccccc2)c2ccccc2)CCC(O)(c2ccc(Cl)cc2)CC1.CCCCCCCCCCCCC(C)(C)C(=O)[O-].[I-]. The lowest BCUT2D eigenvalue weighted by atomic mass is 9.70. The Morgan fingerprint density at radius 1 is 0.352 bits per heavy atom. The maximum absolute atomic E-state index is 14.5. The molecule has 6 aromatic rings. The van der Waals surface area contributed by atoms with Gasteiger partial charge in [-0.15, -0.1) is 0 Å². The summed E-state index contributed by atoms with van der Waals surface area (Å²) in [7, 11) is 7.27. The topological polar surface area (TPSA) is 174 Å². The third-order valence-corrected chi connectivity index (χ3v) is 27.9. The number of aliphatic hydroxyl groups is 2. The van der Waals surface area contributed by atoms with Gasteiger partial charge >= 0.3 is 11.9 Å². The number of hydrogen-bond donors (Lipinski definition) is 2. The maximum atomic E-state index is 14.5. The highest BCUT2D eigenvalue weighted by Crippen LogP contribution is 2.45. The van der Waals surface area contributed by atoms with Gasteiger partial charge in [0.15, 0.2) is 0 Å². The second kappa shape index (κ2) is 55.8. The zero-order valence-electron chi connectivity index (χ0n) is 79.5. The van der Waals surface area contributed by atoms with E-state index in [1.165, 1.54) is 154 Å². The number of amides is 2. The van der Waals surface area contributed by atoms with Crippen molar-refractivity contribution >= 4 is 52.9 Å². The summed E-state index contributed by atoms with van der Waals surface area (Å²) in [5.41, 5.74) is -0.313. The predicted octanol–water partition coefficient (Wildman–Crippen LogP) is 22.0. The molecule has 6 aromatic carbocycles. The van der Waals surface area contributed by atoms with Gasteiger partial charge in [0.05, 0.1) is 50.1 Å². The Balaban J connectivity index is 0.000000369. The summed E-state index contributed by atoms with van der Waals surface area (Å²) in [6.07, 6.45) is 43.4. The van der Waals surface area contributed by atoms with E-state index in [0.29, 0.717) is 96.8 Å². The molecule has 17 heteroatoms. The molecule has 0 radical (unpaired) electrons. The summed E-state index contributed by atoms with van der Waals surface area (Å²) in [5, 5.41) is 35.9. The van der Waals surface area contributed by atoms with Crippen molar-refractivity contribution in [2.45, 2.75) is 335 Å². The summed E-state index contributed by atoms with van der Waals surface area (Å²) < 4.78 is 13.6. The minimum absolute atomic E-state index is 0. The van der Waals surface area contributed by atoms with E-state index in [1.807, 2.05) is 226 Å². The van der Waals surface area contributed by atoms with Crippen molar-refractivity contribution in [1.29, 1.82) is 0 Å². The average Bonchev–Trinajstić information content (AvgIpc) is 0.867. The molecule has 2 heterocycles. The van der Waals surface area contributed by atoms with E-state index in [2.05, 4.69) is 20.8 Å². The van der Waals surface area contributed by atoms with Crippen molar-refractivity contribution in [3.8, 4) is 0 Å². The third kappa shape index (κ3) is 34.9. The molecule has 2 aliphatic rings. The zero-order valence-corrected chi connectivity index (χ0v) is 83.2. The molecule has 8 rings (SSSR count). The number of hydrogen-bond acceptors (Lipinski definition) is 10. The van der Waals surface area contributed by atoms with Gasteiger partial charge in [0.1, 0.15) is 22.0 Å². The fraction of sp³-hybridized carbons (Fsp3) is 0.620. The fourth-order valence-corrected chi connectivity index (χ4v) is 18.7. The maximum Gasteiger partial charge on any atom is 0.315 e. The minimum Gasteiger partial charge on any atom is -1.00 e. The zero-order chi connectivity index (χ0) is 90.6. The van der Waals surface area contributed by atoms with Crippen molar-refractivity contribution in [3.05, 3.63) is 213 Å². The van der Waals surface area contributed by atoms with Crippen LogP contribution >= 0.6 is 23.2 Å². The van der Waals surface area contributed by atoms with Crippen LogP contribution in [-0.2, 0) is 55.5 Å². The van der Waals surface area contributed by atoms with Crippen LogP contribution in [0.25, 0.3) is 0 Å². The first-order valence-corrected chi connectivity index (χ1v) is 48.9. The molecule has 0 bridgehead atoms. The highest BCUT2D eigenvalue weighted by atomic mass is 127. The second-order valence-corrected chi connectivity index (χ2v) is 40.0. The molecule has 2 N–H and O–H groups in total. The number of likely N-dealkylation sites (tertiary alicyclic amines) is 2. The van der Waals surface area contributed by atoms with E-state index in [4.69, 9.17) is 32.7 Å². The van der Waals surface area contributed by atoms with Crippen molar-refractivity contribution in [2.24, 2.45) is 16.2 Å². The fourth-order valence-electron chi connectivity index (χ4n) is 18.4. The van der Waals surface area contributed by atoms with E-state index < -0.39 is 44.2 Å². The predicted molar refractivity (Wildman–Crippen MR) is 510 cm³/mol. The van der Waals surface area contributed by atoms with Crippen LogP contribution in [0.4, 0.5) is 0 Å². The Morgan fingerprint density at radius 2 is 0.576 bits per heavy atom. The lowest BCUT2D eigenvalue weighted by molar-refractivity contribution is -0.950. The van der Waals surface area contributed by atoms with Gasteiger partial charge in [-0.2, -0.15) is 0 Å². The van der Waals surface area contributed by atoms with Gasteiger partial charge < -0.3 is 63.4 Å². The molecule has 0 spiro atoms. The first kappa shape index (κ1) is 109. The molecule has 0 atom stereocenters. The number of aliphatic carboxylic acids is 1. The van der Waals surface area contributed by atoms with E-state index in [-0.39, 0.29) is 61.2 Å². The van der Waals surface area contributed by atoms with Crippen LogP contribution in [0.5, 0.6) is 0 Å². The number of carboxylic acids is 1. The van der Waals surface area contributed by atoms with Gasteiger partial charge in [0.2, 0.25) is 25.3 Å². The smallest absolute Gasteiger partial charge is 0.315 e. The standard InChI is InChI=1S/2C46H66ClN2O4.C16H32O2.HI/c2*1-6-7-8-9-10-11-12-13-14-21-30-44(2,3)43(51)53-37-49(34-31-45(52,32-35-49)38-26-28-41(47)29-27-38)36-33-46(42(50)48(4)5,39-22-17-15-18-23-39)40-24-19-16-20-25-40;1-4-5-6-7-8-9-10-11-12-13-14-16(2,3)15(17)18;/h2*15-20,22-29,52H,6-14,21,30-37H2,1-5H3;4-14H2,1-3H3,(H,17,18);1H/q2*+1;;/p-2. The molecule has 0 saturated carbocycles. The Labute approximate surface area is 784 Å². The van der Waals surface area contributed by atoms with Gasteiger partial charge in [0.25, 0.3) is 0 Å². The van der Waals surface area contributed by atoms with Crippen LogP contribution < -0.4 is 29.1 Å². The number of benzene rings is 6. The summed E-state index contributed by atoms with van der Waals surface area (Å²) in [6, 6.07) is 55.1. The second-order valence-electron chi connectivity index (χ2n) is 39.1. The van der Waals surface area contributed by atoms with E-state index >= 15 is 0 Å². The summed E-state index contributed by atoms with van der Waals surface area (Å²) in [6.45, 7) is 22.3. The Morgan fingerprint density at radius 3 is 0.800 bits per heavy atom. The third-order valence-electron chi connectivity index (χ3n) is 27.4. The van der Waals surface area contributed by atoms with E-state index in [1.54, 1.807) is 23.6 Å². The molecule has 0 unspecified atom stereocenters. The molecule has 0 aromatic heterocycles. The minimum atomic E-state index is -1.01. The number of carbonyl (C=O) groups is 5. The Kier molecular flexibility index (Phi) is 48.8. The van der Waals surface area contributed by atoms with Crippen molar-refractivity contribution in [2.75, 3.05) is 80.9 Å². The van der Waals surface area contributed by atoms with Crippen LogP contribution in [-0.4, -0.2) is 140 Å². The Hall–Kier alpha value is -6.18. The number of carboxylic acid groups (broad SMARTS) is 1. The van der Waals surface area contributed by atoms with E-state index in [9.17, 15) is 39.3 Å². The average molecular weight is 1880 g/mol. The number of nitrogens with zero attached hydrogens (tertiary/aromatic N) is 4. The van der Waals surface area contributed by atoms with Gasteiger partial charge in [0, 0.05) is 88.1 Å². The molecular formula is C108H163Cl2IN4O10. The largest absolute Gasteiger partial charge is 1.00 e. The number of carbonyl (C=O) groups excluding carboxylic acids is 5. The molecule has 2 fully saturated rings. The number of rotatable bonds is 54. The lowest BCUT2D eigenvalue weighted by Crippen LogP contribution is -3.00. The molecular weight excluding hydrogens is 1710 g/mol. The number of piperidine rings is 2. The van der Waals surface area contributed by atoms with Crippen LogP contribution in [0, 0.1) is 16.2 Å². The normalized spacial score (nSPS) is 17.9. The molecule has 2 amide bonds. The number of unbranched alkanes of at least 4 members (excludes halogenated alkanes) is 27. The van der Waals surface area contributed by atoms with E-state index in [0.717, 1.165) is 91.2 Å². The van der Waals surface area contributed by atoms with Crippen LogP contribution in [0.15, 0.2) is 170 Å². The summed E-state index contributed by atoms with van der Waals surface area (Å²) in [4.78, 5) is 70.8. The van der Waals surface area contributed by atoms with Gasteiger partial charge in [-0.05, 0) is 105 Å². The quantitative estimate of drug-likeness (QED) is 0.0162. The van der Waals surface area contributed by atoms with Crippen LogP contribution in [0.2, 0.25) is 10.0 Å². The van der Waals surface area contributed by atoms with Crippen molar-refractivity contribution < 1.29 is 81.7 Å². The number of likely N-dealkylation sites (N-methyl/N-ethyl adjacent to an activating group) is 2. The number of esters is 2. The monoisotopic (exact) mass is 1870 g/mol. The molecule has 125 heavy (non-hydrogen) atoms. The first-order chi connectivity index (χ1) is 59.3.